The zero-order valence-corrected chi connectivity index (χ0v) is 18.5. The lowest BCUT2D eigenvalue weighted by Gasteiger charge is -2.37. The van der Waals surface area contributed by atoms with Crippen molar-refractivity contribution in [1.82, 2.24) is 9.80 Å². The van der Waals surface area contributed by atoms with E-state index in [0.29, 0.717) is 18.7 Å². The van der Waals surface area contributed by atoms with Crippen molar-refractivity contribution in [2.45, 2.75) is 19.4 Å². The average Bonchev–Trinajstić information content (AvgIpc) is 3.28. The topological polar surface area (TPSA) is 40.6 Å². The number of hydrogen-bond donors (Lipinski definition) is 0. The van der Waals surface area contributed by atoms with Crippen LogP contribution in [0.25, 0.3) is 0 Å². The first kappa shape index (κ1) is 21.1. The van der Waals surface area contributed by atoms with E-state index in [1.54, 1.807) is 34.4 Å². The molecule has 0 saturated carbocycles. The van der Waals surface area contributed by atoms with Gasteiger partial charge in [-0.2, -0.15) is 0 Å². The second-order valence-electron chi connectivity index (χ2n) is 7.79. The molecule has 4 rings (SSSR count). The number of carbonyl (C=O) groups excluding carboxylic acids is 2. The van der Waals surface area contributed by atoms with Gasteiger partial charge < -0.3 is 9.80 Å². The van der Waals surface area contributed by atoms with E-state index in [-0.39, 0.29) is 24.4 Å². The highest BCUT2D eigenvalue weighted by Crippen LogP contribution is 2.38. The van der Waals surface area contributed by atoms with Gasteiger partial charge in [0.15, 0.2) is 0 Å². The third-order valence-electron chi connectivity index (χ3n) is 5.66. The van der Waals surface area contributed by atoms with Crippen LogP contribution >= 0.6 is 11.3 Å². The summed E-state index contributed by atoms with van der Waals surface area (Å²) in [6.07, 6.45) is 2.51. The Bertz CT molecular complexity index is 1070. The number of carbonyl (C=O) groups is 2. The van der Waals surface area contributed by atoms with Gasteiger partial charge in [0.05, 0.1) is 6.04 Å². The van der Waals surface area contributed by atoms with Crippen LogP contribution in [0.1, 0.15) is 38.0 Å². The van der Waals surface area contributed by atoms with E-state index in [9.17, 15) is 9.59 Å². The summed E-state index contributed by atoms with van der Waals surface area (Å²) in [7, 11) is 0. The molecule has 1 aliphatic rings. The Kier molecular flexibility index (Phi) is 6.33. The van der Waals surface area contributed by atoms with Crippen molar-refractivity contribution in [3.8, 4) is 0 Å². The number of thiophene rings is 1. The minimum Gasteiger partial charge on any atom is -0.330 e. The van der Waals surface area contributed by atoms with Gasteiger partial charge in [-0.25, -0.2) is 0 Å². The van der Waals surface area contributed by atoms with Crippen molar-refractivity contribution >= 4 is 23.2 Å². The normalized spacial score (nSPS) is 15.3. The highest BCUT2D eigenvalue weighted by atomic mass is 32.1. The molecule has 2 amide bonds. The standard InChI is InChI=1S/C26H26N2O2S/c1-3-15-27(26(30)21-7-5-4-6-8-21)18-24(29)28-16-13-23-22(14-17-31-23)25(28)20-11-9-19(2)10-12-20/h3-12,14,17,25H,1,13,15-16,18H2,2H3. The third-order valence-corrected chi connectivity index (χ3v) is 6.66. The van der Waals surface area contributed by atoms with Gasteiger partial charge in [0.2, 0.25) is 5.91 Å². The molecule has 0 radical (unpaired) electrons. The van der Waals surface area contributed by atoms with Gasteiger partial charge in [-0.3, -0.25) is 9.59 Å². The van der Waals surface area contributed by atoms with Crippen LogP contribution in [0.5, 0.6) is 0 Å². The quantitative estimate of drug-likeness (QED) is 0.524. The molecule has 0 saturated heterocycles. The van der Waals surface area contributed by atoms with Crippen LogP contribution in [0.15, 0.2) is 78.7 Å². The molecule has 2 aromatic carbocycles. The maximum absolute atomic E-state index is 13.5. The lowest BCUT2D eigenvalue weighted by atomic mass is 9.92. The summed E-state index contributed by atoms with van der Waals surface area (Å²) >= 11 is 1.75. The third kappa shape index (κ3) is 4.47. The van der Waals surface area contributed by atoms with Gasteiger partial charge in [-0.15, -0.1) is 17.9 Å². The summed E-state index contributed by atoms with van der Waals surface area (Å²) in [5.41, 5.74) is 4.06. The van der Waals surface area contributed by atoms with Crippen molar-refractivity contribution in [2.24, 2.45) is 0 Å². The molecular formula is C26H26N2O2S. The Balaban J connectivity index is 1.61. The van der Waals surface area contributed by atoms with Crippen molar-refractivity contribution in [1.29, 1.82) is 0 Å². The number of aryl methyl sites for hydroxylation is 1. The molecule has 31 heavy (non-hydrogen) atoms. The number of amides is 2. The van der Waals surface area contributed by atoms with Gasteiger partial charge in [0, 0.05) is 23.5 Å². The van der Waals surface area contributed by atoms with Gasteiger partial charge in [0.1, 0.15) is 6.54 Å². The molecule has 1 atom stereocenters. The Morgan fingerprint density at radius 1 is 1.13 bits per heavy atom. The van der Waals surface area contributed by atoms with E-state index in [4.69, 9.17) is 0 Å². The molecule has 0 N–H and O–H groups in total. The van der Waals surface area contributed by atoms with Crippen molar-refractivity contribution < 1.29 is 9.59 Å². The Morgan fingerprint density at radius 3 is 2.58 bits per heavy atom. The molecule has 4 nitrogen and oxygen atoms in total. The highest BCUT2D eigenvalue weighted by Gasteiger charge is 2.33. The molecule has 1 aliphatic heterocycles. The van der Waals surface area contributed by atoms with E-state index in [0.717, 1.165) is 12.0 Å². The lowest BCUT2D eigenvalue weighted by Crippen LogP contribution is -2.46. The molecule has 5 heteroatoms. The zero-order chi connectivity index (χ0) is 21.8. The Hall–Kier alpha value is -3.18. The van der Waals surface area contributed by atoms with E-state index >= 15 is 0 Å². The molecule has 0 fully saturated rings. The molecule has 0 aliphatic carbocycles. The SMILES string of the molecule is C=CCN(CC(=O)N1CCc2sccc2C1c1ccc(C)cc1)C(=O)c1ccccc1. The van der Waals surface area contributed by atoms with Crippen LogP contribution in [0, 0.1) is 6.92 Å². The average molecular weight is 431 g/mol. The number of benzene rings is 2. The van der Waals surface area contributed by atoms with Crippen LogP contribution < -0.4 is 0 Å². The van der Waals surface area contributed by atoms with E-state index in [1.807, 2.05) is 23.1 Å². The van der Waals surface area contributed by atoms with Gasteiger partial charge in [-0.05, 0) is 48.1 Å². The van der Waals surface area contributed by atoms with Crippen LogP contribution in [0.4, 0.5) is 0 Å². The second-order valence-corrected chi connectivity index (χ2v) is 8.79. The van der Waals surface area contributed by atoms with E-state index in [2.05, 4.69) is 49.2 Å². The van der Waals surface area contributed by atoms with E-state index < -0.39 is 0 Å². The zero-order valence-electron chi connectivity index (χ0n) is 17.7. The van der Waals surface area contributed by atoms with Gasteiger partial charge in [0.25, 0.3) is 5.91 Å². The van der Waals surface area contributed by atoms with Gasteiger partial charge in [-0.1, -0.05) is 54.1 Å². The fourth-order valence-electron chi connectivity index (χ4n) is 4.09. The Morgan fingerprint density at radius 2 is 1.87 bits per heavy atom. The molecular weight excluding hydrogens is 404 g/mol. The monoisotopic (exact) mass is 430 g/mol. The predicted molar refractivity (Wildman–Crippen MR) is 125 cm³/mol. The summed E-state index contributed by atoms with van der Waals surface area (Å²) in [6.45, 7) is 6.83. The molecule has 3 aromatic rings. The van der Waals surface area contributed by atoms with Crippen LogP contribution in [0.3, 0.4) is 0 Å². The molecule has 1 aromatic heterocycles. The first-order chi connectivity index (χ1) is 15.1. The smallest absolute Gasteiger partial charge is 0.254 e. The number of hydrogen-bond acceptors (Lipinski definition) is 3. The van der Waals surface area contributed by atoms with Crippen molar-refractivity contribution in [2.75, 3.05) is 19.6 Å². The van der Waals surface area contributed by atoms with E-state index in [1.165, 1.54) is 16.0 Å². The summed E-state index contributed by atoms with van der Waals surface area (Å²) in [6, 6.07) is 19.5. The molecule has 2 heterocycles. The fraction of sp³-hybridized carbons (Fsp3) is 0.231. The molecule has 158 valence electrons. The summed E-state index contributed by atoms with van der Waals surface area (Å²) in [5.74, 6) is -0.206. The number of nitrogens with zero attached hydrogens (tertiary/aromatic N) is 2. The first-order valence-corrected chi connectivity index (χ1v) is 11.3. The van der Waals surface area contributed by atoms with Crippen LogP contribution in [-0.2, 0) is 11.2 Å². The lowest BCUT2D eigenvalue weighted by molar-refractivity contribution is -0.133. The first-order valence-electron chi connectivity index (χ1n) is 10.5. The molecule has 0 spiro atoms. The molecule has 1 unspecified atom stereocenters. The highest BCUT2D eigenvalue weighted by molar-refractivity contribution is 7.10. The summed E-state index contributed by atoms with van der Waals surface area (Å²) in [4.78, 5) is 31.3. The minimum absolute atomic E-state index is 0.0293. The largest absolute Gasteiger partial charge is 0.330 e. The van der Waals surface area contributed by atoms with Crippen molar-refractivity contribution in [3.05, 3.63) is 106 Å². The predicted octanol–water partition coefficient (Wildman–Crippen LogP) is 4.86. The van der Waals surface area contributed by atoms with Crippen LogP contribution in [-0.4, -0.2) is 41.2 Å². The molecule has 0 bridgehead atoms. The Labute approximate surface area is 187 Å². The van der Waals surface area contributed by atoms with Gasteiger partial charge >= 0.3 is 0 Å². The fourth-order valence-corrected chi connectivity index (χ4v) is 4.99. The maximum Gasteiger partial charge on any atom is 0.254 e. The summed E-state index contributed by atoms with van der Waals surface area (Å²) < 4.78 is 0. The number of fused-ring (bicyclic) bond motifs is 1. The summed E-state index contributed by atoms with van der Waals surface area (Å²) in [5, 5.41) is 2.10. The second kappa shape index (κ2) is 9.31. The van der Waals surface area contributed by atoms with Crippen LogP contribution in [0.2, 0.25) is 0 Å². The minimum atomic E-state index is -0.158. The maximum atomic E-state index is 13.5. The number of rotatable bonds is 6. The van der Waals surface area contributed by atoms with Crippen molar-refractivity contribution in [3.63, 3.8) is 0 Å².